The molecule has 2 heterocycles. The SMILES string of the molecule is N#Cc1cccc(CN2C(=O)CCC2C(=O)N2CCC=C(F)C2)c1. The number of carbonyl (C=O) groups is 2. The fourth-order valence-electron chi connectivity index (χ4n) is 3.23. The maximum atomic E-state index is 13.4. The molecule has 2 aliphatic heterocycles. The van der Waals surface area contributed by atoms with Crippen LogP contribution >= 0.6 is 0 Å². The molecular weight excluding hydrogens is 309 g/mol. The van der Waals surface area contributed by atoms with E-state index in [0.717, 1.165) is 5.56 Å². The third kappa shape index (κ3) is 3.30. The Bertz CT molecular complexity index is 738. The van der Waals surface area contributed by atoms with Gasteiger partial charge in [0.25, 0.3) is 0 Å². The number of hydrogen-bond donors (Lipinski definition) is 0. The summed E-state index contributed by atoms with van der Waals surface area (Å²) in [5.41, 5.74) is 1.33. The zero-order chi connectivity index (χ0) is 17.1. The number of halogens is 1. The van der Waals surface area contributed by atoms with Crippen molar-refractivity contribution in [1.29, 1.82) is 5.26 Å². The van der Waals surface area contributed by atoms with E-state index in [0.29, 0.717) is 31.4 Å². The van der Waals surface area contributed by atoms with Gasteiger partial charge in [-0.05, 0) is 36.6 Å². The molecule has 24 heavy (non-hydrogen) atoms. The zero-order valence-electron chi connectivity index (χ0n) is 13.2. The Balaban J connectivity index is 1.75. The predicted molar refractivity (Wildman–Crippen MR) is 85.1 cm³/mol. The van der Waals surface area contributed by atoms with Crippen LogP contribution in [0.4, 0.5) is 4.39 Å². The number of hydrogen-bond acceptors (Lipinski definition) is 3. The molecule has 0 aromatic heterocycles. The minimum atomic E-state index is -0.547. The van der Waals surface area contributed by atoms with Gasteiger partial charge in [-0.15, -0.1) is 0 Å². The summed E-state index contributed by atoms with van der Waals surface area (Å²) in [4.78, 5) is 27.9. The maximum Gasteiger partial charge on any atom is 0.245 e. The summed E-state index contributed by atoms with van der Waals surface area (Å²) in [7, 11) is 0. The van der Waals surface area contributed by atoms with Crippen molar-refractivity contribution in [3.63, 3.8) is 0 Å². The lowest BCUT2D eigenvalue weighted by Crippen LogP contribution is -2.47. The summed E-state index contributed by atoms with van der Waals surface area (Å²) in [6, 6.07) is 8.52. The van der Waals surface area contributed by atoms with Crippen molar-refractivity contribution in [1.82, 2.24) is 9.80 Å². The van der Waals surface area contributed by atoms with Crippen molar-refractivity contribution in [2.75, 3.05) is 13.1 Å². The highest BCUT2D eigenvalue weighted by Crippen LogP contribution is 2.25. The fraction of sp³-hybridized carbons (Fsp3) is 0.389. The topological polar surface area (TPSA) is 64.4 Å². The van der Waals surface area contributed by atoms with Gasteiger partial charge in [-0.1, -0.05) is 12.1 Å². The Kier molecular flexibility index (Phi) is 4.61. The van der Waals surface area contributed by atoms with Crippen molar-refractivity contribution in [3.05, 3.63) is 47.3 Å². The minimum Gasteiger partial charge on any atom is -0.334 e. The Morgan fingerprint density at radius 2 is 2.25 bits per heavy atom. The molecule has 0 radical (unpaired) electrons. The quantitative estimate of drug-likeness (QED) is 0.854. The summed E-state index contributed by atoms with van der Waals surface area (Å²) in [6.45, 7) is 0.757. The number of likely N-dealkylation sites (tertiary alicyclic amines) is 1. The van der Waals surface area contributed by atoms with Gasteiger partial charge in [-0.25, -0.2) is 4.39 Å². The lowest BCUT2D eigenvalue weighted by Gasteiger charge is -2.31. The second-order valence-corrected chi connectivity index (χ2v) is 6.09. The first-order valence-electron chi connectivity index (χ1n) is 8.00. The van der Waals surface area contributed by atoms with Crippen molar-refractivity contribution >= 4 is 11.8 Å². The van der Waals surface area contributed by atoms with Gasteiger partial charge in [0, 0.05) is 19.5 Å². The molecule has 1 aromatic rings. The number of carbonyl (C=O) groups excluding carboxylic acids is 2. The molecule has 0 spiro atoms. The summed E-state index contributed by atoms with van der Waals surface area (Å²) < 4.78 is 13.4. The Hall–Kier alpha value is -2.68. The molecule has 0 aliphatic carbocycles. The third-order valence-electron chi connectivity index (χ3n) is 4.44. The van der Waals surface area contributed by atoms with Crippen molar-refractivity contribution in [2.24, 2.45) is 0 Å². The van der Waals surface area contributed by atoms with Crippen LogP contribution in [0.2, 0.25) is 0 Å². The van der Waals surface area contributed by atoms with Gasteiger partial charge in [0.2, 0.25) is 11.8 Å². The van der Waals surface area contributed by atoms with E-state index in [9.17, 15) is 14.0 Å². The first-order chi connectivity index (χ1) is 11.6. The van der Waals surface area contributed by atoms with E-state index in [1.54, 1.807) is 23.1 Å². The first-order valence-corrected chi connectivity index (χ1v) is 8.00. The molecule has 6 heteroatoms. The van der Waals surface area contributed by atoms with E-state index in [4.69, 9.17) is 5.26 Å². The summed E-state index contributed by atoms with van der Waals surface area (Å²) in [5.74, 6) is -0.573. The molecule has 1 aromatic carbocycles. The van der Waals surface area contributed by atoms with E-state index < -0.39 is 6.04 Å². The van der Waals surface area contributed by atoms with Crippen LogP contribution in [0.1, 0.15) is 30.4 Å². The van der Waals surface area contributed by atoms with Crippen LogP contribution in [0, 0.1) is 11.3 Å². The molecule has 5 nitrogen and oxygen atoms in total. The summed E-state index contributed by atoms with van der Waals surface area (Å²) in [6.07, 6.45) is 2.77. The predicted octanol–water partition coefficient (Wildman–Crippen LogP) is 2.13. The largest absolute Gasteiger partial charge is 0.334 e. The standard InChI is InChI=1S/C18H18FN3O2/c19-15-5-2-8-21(12-15)18(24)16-6-7-17(23)22(16)11-14-4-1-3-13(9-14)10-20/h1,3-5,9,16H,2,6-8,11-12H2. The van der Waals surface area contributed by atoms with Gasteiger partial charge in [-0.3, -0.25) is 9.59 Å². The van der Waals surface area contributed by atoms with Crippen molar-refractivity contribution < 1.29 is 14.0 Å². The smallest absolute Gasteiger partial charge is 0.245 e. The van der Waals surface area contributed by atoms with Crippen LogP contribution in [0.15, 0.2) is 36.2 Å². The fourth-order valence-corrected chi connectivity index (χ4v) is 3.23. The van der Waals surface area contributed by atoms with E-state index in [1.165, 1.54) is 11.0 Å². The number of nitrogens with zero attached hydrogens (tertiary/aromatic N) is 3. The van der Waals surface area contributed by atoms with Crippen molar-refractivity contribution in [2.45, 2.75) is 31.8 Å². The summed E-state index contributed by atoms with van der Waals surface area (Å²) >= 11 is 0. The number of rotatable bonds is 3. The lowest BCUT2D eigenvalue weighted by molar-refractivity contribution is -0.141. The third-order valence-corrected chi connectivity index (χ3v) is 4.44. The molecular formula is C18H18FN3O2. The van der Waals surface area contributed by atoms with E-state index >= 15 is 0 Å². The molecule has 2 amide bonds. The van der Waals surface area contributed by atoms with Gasteiger partial charge in [-0.2, -0.15) is 5.26 Å². The molecule has 1 fully saturated rings. The van der Waals surface area contributed by atoms with Gasteiger partial charge in [0.05, 0.1) is 18.2 Å². The van der Waals surface area contributed by atoms with Gasteiger partial charge in [0.1, 0.15) is 11.9 Å². The van der Waals surface area contributed by atoms with Gasteiger partial charge in [0.15, 0.2) is 0 Å². The van der Waals surface area contributed by atoms with Crippen molar-refractivity contribution in [3.8, 4) is 6.07 Å². The van der Waals surface area contributed by atoms with Crippen LogP contribution in [0.3, 0.4) is 0 Å². The highest BCUT2D eigenvalue weighted by molar-refractivity contribution is 5.91. The molecule has 0 N–H and O–H groups in total. The number of nitriles is 1. The second-order valence-electron chi connectivity index (χ2n) is 6.09. The average molecular weight is 327 g/mol. The van der Waals surface area contributed by atoms with Crippen LogP contribution < -0.4 is 0 Å². The highest BCUT2D eigenvalue weighted by Gasteiger charge is 2.38. The Morgan fingerprint density at radius 3 is 3.00 bits per heavy atom. The molecule has 1 unspecified atom stereocenters. The average Bonchev–Trinajstić information content (AvgIpc) is 2.95. The summed E-state index contributed by atoms with van der Waals surface area (Å²) in [5, 5.41) is 8.98. The molecule has 3 rings (SSSR count). The first kappa shape index (κ1) is 16.2. The normalized spacial score (nSPS) is 20.8. The molecule has 1 atom stereocenters. The Labute approximate surface area is 140 Å². The van der Waals surface area contributed by atoms with E-state index in [1.807, 2.05) is 6.07 Å². The lowest BCUT2D eigenvalue weighted by atomic mass is 10.1. The molecule has 2 aliphatic rings. The van der Waals surface area contributed by atoms with Gasteiger partial charge >= 0.3 is 0 Å². The maximum absolute atomic E-state index is 13.4. The second kappa shape index (κ2) is 6.83. The molecule has 1 saturated heterocycles. The van der Waals surface area contributed by atoms with Crippen LogP contribution in [-0.4, -0.2) is 40.7 Å². The van der Waals surface area contributed by atoms with Crippen LogP contribution in [-0.2, 0) is 16.1 Å². The van der Waals surface area contributed by atoms with E-state index in [2.05, 4.69) is 6.07 Å². The van der Waals surface area contributed by atoms with Crippen LogP contribution in [0.25, 0.3) is 0 Å². The minimum absolute atomic E-state index is 0.0126. The Morgan fingerprint density at radius 1 is 1.42 bits per heavy atom. The van der Waals surface area contributed by atoms with Gasteiger partial charge < -0.3 is 9.80 Å². The van der Waals surface area contributed by atoms with E-state index in [-0.39, 0.29) is 30.7 Å². The van der Waals surface area contributed by atoms with Crippen LogP contribution in [0.5, 0.6) is 0 Å². The number of benzene rings is 1. The zero-order valence-corrected chi connectivity index (χ0v) is 13.2. The number of amides is 2. The highest BCUT2D eigenvalue weighted by atomic mass is 19.1. The molecule has 124 valence electrons. The molecule has 0 saturated carbocycles. The molecule has 0 bridgehead atoms. The monoisotopic (exact) mass is 327 g/mol.